The summed E-state index contributed by atoms with van der Waals surface area (Å²) in [4.78, 5) is 33.0. The van der Waals surface area contributed by atoms with E-state index in [1.807, 2.05) is 44.4 Å². The van der Waals surface area contributed by atoms with Gasteiger partial charge in [-0.2, -0.15) is 0 Å². The molecule has 0 N–H and O–H groups in total. The Morgan fingerprint density at radius 1 is 1.17 bits per heavy atom. The van der Waals surface area contributed by atoms with Crippen LogP contribution in [0.2, 0.25) is 0 Å². The monoisotopic (exact) mass is 430 g/mol. The van der Waals surface area contributed by atoms with Gasteiger partial charge in [0, 0.05) is 23.6 Å². The van der Waals surface area contributed by atoms with E-state index in [1.54, 1.807) is 11.0 Å². The number of fused-ring (bicyclic) bond motifs is 1. The van der Waals surface area contributed by atoms with Gasteiger partial charge in [0.25, 0.3) is 5.69 Å². The summed E-state index contributed by atoms with van der Waals surface area (Å²) in [5, 5.41) is 11.6. The molecule has 0 fully saturated rings. The maximum absolute atomic E-state index is 13.0. The van der Waals surface area contributed by atoms with Crippen LogP contribution in [0.15, 0.2) is 53.4 Å². The fourth-order valence-electron chi connectivity index (χ4n) is 2.74. The number of thioether (sulfide) groups is 1. The van der Waals surface area contributed by atoms with Crippen molar-refractivity contribution in [3.63, 3.8) is 0 Å². The molecule has 0 saturated heterocycles. The van der Waals surface area contributed by atoms with Gasteiger partial charge in [-0.05, 0) is 45.3 Å². The Balaban J connectivity index is 1.80. The van der Waals surface area contributed by atoms with Gasteiger partial charge in [0.2, 0.25) is 5.91 Å². The molecule has 1 aromatic heterocycles. The van der Waals surface area contributed by atoms with Crippen molar-refractivity contribution < 1.29 is 9.72 Å². The van der Waals surface area contributed by atoms with Crippen molar-refractivity contribution in [2.24, 2.45) is 0 Å². The molecule has 0 aliphatic heterocycles. The molecule has 0 atom stereocenters. The maximum atomic E-state index is 13.0. The number of nitro benzene ring substituents is 1. The van der Waals surface area contributed by atoms with E-state index in [-0.39, 0.29) is 11.6 Å². The van der Waals surface area contributed by atoms with Gasteiger partial charge in [-0.1, -0.05) is 29.5 Å². The zero-order chi connectivity index (χ0) is 20.8. The summed E-state index contributed by atoms with van der Waals surface area (Å²) < 4.78 is 0.704. The Bertz CT molecular complexity index is 992. The minimum absolute atomic E-state index is 0.0221. The minimum Gasteiger partial charge on any atom is -0.309 e. The van der Waals surface area contributed by atoms with Crippen molar-refractivity contribution >= 4 is 50.0 Å². The van der Waals surface area contributed by atoms with Crippen molar-refractivity contribution in [3.05, 3.63) is 58.6 Å². The number of carbonyl (C=O) groups is 1. The third-order valence-electron chi connectivity index (χ3n) is 4.20. The first-order valence-electron chi connectivity index (χ1n) is 9.12. The molecule has 3 rings (SSSR count). The second kappa shape index (κ2) is 9.82. The van der Waals surface area contributed by atoms with Gasteiger partial charge < -0.3 is 4.90 Å². The summed E-state index contributed by atoms with van der Waals surface area (Å²) >= 11 is 2.80. The lowest BCUT2D eigenvalue weighted by atomic mass is 10.3. The lowest BCUT2D eigenvalue weighted by Gasteiger charge is -2.21. The molecule has 3 aromatic rings. The third kappa shape index (κ3) is 5.75. The van der Waals surface area contributed by atoms with E-state index in [9.17, 15) is 14.9 Å². The second-order valence-corrected chi connectivity index (χ2v) is 8.77. The fraction of sp³-hybridized carbons (Fsp3) is 0.300. The van der Waals surface area contributed by atoms with E-state index in [1.165, 1.54) is 35.2 Å². The standard InChI is InChI=1S/C20H22N4O3S2/c1-22(2)11-6-12-23(19(25)14-28-16-7-4-3-5-8-16)20-21-17-10-9-15(24(26)27)13-18(17)29-20/h3-5,7-10,13H,6,11-12,14H2,1-2H3. The summed E-state index contributed by atoms with van der Waals surface area (Å²) in [6.07, 6.45) is 0.810. The molecular formula is C20H22N4O3S2. The van der Waals surface area contributed by atoms with Crippen molar-refractivity contribution in [3.8, 4) is 0 Å². The molecule has 1 heterocycles. The molecule has 0 aliphatic carbocycles. The molecule has 0 aliphatic rings. The van der Waals surface area contributed by atoms with Crippen LogP contribution >= 0.6 is 23.1 Å². The molecule has 0 saturated carbocycles. The molecule has 29 heavy (non-hydrogen) atoms. The lowest BCUT2D eigenvalue weighted by Crippen LogP contribution is -2.34. The second-order valence-electron chi connectivity index (χ2n) is 6.71. The highest BCUT2D eigenvalue weighted by Gasteiger charge is 2.20. The van der Waals surface area contributed by atoms with Crippen molar-refractivity contribution in [2.45, 2.75) is 11.3 Å². The van der Waals surface area contributed by atoms with Gasteiger partial charge in [-0.15, -0.1) is 11.8 Å². The van der Waals surface area contributed by atoms with Gasteiger partial charge in [0.05, 0.1) is 20.9 Å². The number of nitrogens with zero attached hydrogens (tertiary/aromatic N) is 4. The largest absolute Gasteiger partial charge is 0.309 e. The molecule has 2 aromatic carbocycles. The number of aromatic nitrogens is 1. The minimum atomic E-state index is -0.421. The zero-order valence-electron chi connectivity index (χ0n) is 16.3. The number of non-ortho nitro benzene ring substituents is 1. The fourth-order valence-corrected chi connectivity index (χ4v) is 4.58. The van der Waals surface area contributed by atoms with Crippen LogP contribution in [0.1, 0.15) is 6.42 Å². The highest BCUT2D eigenvalue weighted by Crippen LogP contribution is 2.32. The van der Waals surface area contributed by atoms with Crippen molar-refractivity contribution in [1.82, 2.24) is 9.88 Å². The number of thiazole rings is 1. The van der Waals surface area contributed by atoms with Gasteiger partial charge in [-0.25, -0.2) is 4.98 Å². The summed E-state index contributed by atoms with van der Waals surface area (Å²) in [5.41, 5.74) is 0.689. The summed E-state index contributed by atoms with van der Waals surface area (Å²) in [7, 11) is 3.99. The Morgan fingerprint density at radius 3 is 2.62 bits per heavy atom. The van der Waals surface area contributed by atoms with E-state index in [4.69, 9.17) is 0 Å². The van der Waals surface area contributed by atoms with Gasteiger partial charge >= 0.3 is 0 Å². The average molecular weight is 431 g/mol. The maximum Gasteiger partial charge on any atom is 0.270 e. The van der Waals surface area contributed by atoms with Crippen LogP contribution in [0.5, 0.6) is 0 Å². The van der Waals surface area contributed by atoms with Crippen LogP contribution in [0.25, 0.3) is 10.2 Å². The van der Waals surface area contributed by atoms with Crippen LogP contribution in [0.4, 0.5) is 10.8 Å². The number of benzene rings is 2. The van der Waals surface area contributed by atoms with Crippen molar-refractivity contribution in [2.75, 3.05) is 37.8 Å². The van der Waals surface area contributed by atoms with E-state index < -0.39 is 4.92 Å². The van der Waals surface area contributed by atoms with Crippen LogP contribution in [-0.4, -0.2) is 53.7 Å². The third-order valence-corrected chi connectivity index (χ3v) is 6.23. The number of amides is 1. The van der Waals surface area contributed by atoms with Crippen molar-refractivity contribution in [1.29, 1.82) is 0 Å². The molecule has 152 valence electrons. The Kier molecular flexibility index (Phi) is 7.18. The number of hydrogen-bond donors (Lipinski definition) is 0. The number of nitro groups is 1. The Hall–Kier alpha value is -2.49. The quantitative estimate of drug-likeness (QED) is 0.286. The number of hydrogen-bond acceptors (Lipinski definition) is 7. The number of rotatable bonds is 9. The normalized spacial score (nSPS) is 11.1. The predicted octanol–water partition coefficient (Wildman–Crippen LogP) is 4.28. The first kappa shape index (κ1) is 21.2. The highest BCUT2D eigenvalue weighted by atomic mass is 32.2. The molecule has 9 heteroatoms. The van der Waals surface area contributed by atoms with Gasteiger partial charge in [0.1, 0.15) is 0 Å². The summed E-state index contributed by atoms with van der Waals surface area (Å²) in [6, 6.07) is 14.4. The van der Waals surface area contributed by atoms with Crippen LogP contribution in [0.3, 0.4) is 0 Å². The molecule has 0 spiro atoms. The average Bonchev–Trinajstić information content (AvgIpc) is 3.12. The number of anilines is 1. The SMILES string of the molecule is CN(C)CCCN(C(=O)CSc1ccccc1)c1nc2ccc([N+](=O)[O-])cc2s1. The summed E-state index contributed by atoms with van der Waals surface area (Å²) in [6.45, 7) is 1.40. The van der Waals surface area contributed by atoms with Crippen LogP contribution in [0, 0.1) is 10.1 Å². The van der Waals surface area contributed by atoms with E-state index in [0.29, 0.717) is 27.6 Å². The van der Waals surface area contributed by atoms with E-state index in [0.717, 1.165) is 17.9 Å². The molecular weight excluding hydrogens is 408 g/mol. The van der Waals surface area contributed by atoms with Crippen LogP contribution < -0.4 is 4.90 Å². The number of carbonyl (C=O) groups excluding carboxylic acids is 1. The van der Waals surface area contributed by atoms with E-state index in [2.05, 4.69) is 9.88 Å². The molecule has 1 amide bonds. The van der Waals surface area contributed by atoms with Crippen LogP contribution in [-0.2, 0) is 4.79 Å². The molecule has 0 radical (unpaired) electrons. The topological polar surface area (TPSA) is 79.6 Å². The predicted molar refractivity (Wildman–Crippen MR) is 119 cm³/mol. The smallest absolute Gasteiger partial charge is 0.270 e. The van der Waals surface area contributed by atoms with E-state index >= 15 is 0 Å². The lowest BCUT2D eigenvalue weighted by molar-refractivity contribution is -0.384. The molecule has 0 bridgehead atoms. The molecule has 0 unspecified atom stereocenters. The highest BCUT2D eigenvalue weighted by molar-refractivity contribution is 8.00. The van der Waals surface area contributed by atoms with Gasteiger partial charge in [0.15, 0.2) is 5.13 Å². The first-order valence-corrected chi connectivity index (χ1v) is 10.9. The zero-order valence-corrected chi connectivity index (χ0v) is 17.9. The summed E-state index contributed by atoms with van der Waals surface area (Å²) in [5.74, 6) is 0.286. The first-order chi connectivity index (χ1) is 13.9. The molecule has 7 nitrogen and oxygen atoms in total. The Morgan fingerprint density at radius 2 is 1.93 bits per heavy atom. The van der Waals surface area contributed by atoms with Gasteiger partial charge in [-0.3, -0.25) is 19.8 Å². The Labute approximate surface area is 177 Å².